The maximum atomic E-state index is 5.15. The Bertz CT molecular complexity index is 732. The molecule has 0 aliphatic heterocycles. The third-order valence-corrected chi connectivity index (χ3v) is 3.08. The number of hydrogen-bond acceptors (Lipinski definition) is 3. The summed E-state index contributed by atoms with van der Waals surface area (Å²) >= 11 is 0. The van der Waals surface area contributed by atoms with Crippen molar-refractivity contribution in [1.29, 1.82) is 0 Å². The highest BCUT2D eigenvalue weighted by Gasteiger charge is 2.07. The summed E-state index contributed by atoms with van der Waals surface area (Å²) in [6.45, 7) is 1.94. The Morgan fingerprint density at radius 1 is 0.947 bits per heavy atom. The summed E-state index contributed by atoms with van der Waals surface area (Å²) in [4.78, 5) is 8.66. The predicted octanol–water partition coefficient (Wildman–Crippen LogP) is 3.61. The molecule has 0 aliphatic carbocycles. The molecule has 0 aliphatic rings. The minimum Gasteiger partial charge on any atom is -0.467 e. The number of nitrogens with zero attached hydrogens (tertiary/aromatic N) is 2. The van der Waals surface area contributed by atoms with Gasteiger partial charge in [0.15, 0.2) is 0 Å². The van der Waals surface area contributed by atoms with Crippen molar-refractivity contribution >= 4 is 10.8 Å². The molecule has 2 aromatic carbocycles. The Labute approximate surface area is 111 Å². The van der Waals surface area contributed by atoms with Gasteiger partial charge in [-0.1, -0.05) is 42.5 Å². The number of aromatic nitrogens is 2. The van der Waals surface area contributed by atoms with Crippen LogP contribution in [0.1, 0.15) is 5.69 Å². The zero-order chi connectivity index (χ0) is 13.2. The van der Waals surface area contributed by atoms with Crippen molar-refractivity contribution in [1.82, 2.24) is 9.97 Å². The van der Waals surface area contributed by atoms with E-state index in [-0.39, 0.29) is 0 Å². The van der Waals surface area contributed by atoms with Crippen LogP contribution in [0.3, 0.4) is 0 Å². The van der Waals surface area contributed by atoms with Gasteiger partial charge in [0.1, 0.15) is 0 Å². The van der Waals surface area contributed by atoms with Crippen molar-refractivity contribution in [3.05, 3.63) is 54.2 Å². The maximum absolute atomic E-state index is 5.15. The summed E-state index contributed by atoms with van der Waals surface area (Å²) in [7, 11) is 1.58. The van der Waals surface area contributed by atoms with Crippen LogP contribution in [0.15, 0.2) is 48.5 Å². The van der Waals surface area contributed by atoms with Crippen LogP contribution in [0.25, 0.3) is 22.0 Å². The quantitative estimate of drug-likeness (QED) is 0.696. The summed E-state index contributed by atoms with van der Waals surface area (Å²) in [5.41, 5.74) is 2.89. The lowest BCUT2D eigenvalue weighted by molar-refractivity contribution is 0.379. The van der Waals surface area contributed by atoms with Gasteiger partial charge in [-0.2, -0.15) is 4.98 Å². The van der Waals surface area contributed by atoms with Crippen molar-refractivity contribution in [2.24, 2.45) is 0 Å². The first kappa shape index (κ1) is 11.7. The van der Waals surface area contributed by atoms with E-state index in [0.29, 0.717) is 6.01 Å². The number of fused-ring (bicyclic) bond motifs is 1. The molecule has 0 saturated carbocycles. The lowest BCUT2D eigenvalue weighted by Crippen LogP contribution is -1.96. The van der Waals surface area contributed by atoms with Crippen LogP contribution >= 0.6 is 0 Å². The smallest absolute Gasteiger partial charge is 0.316 e. The Kier molecular flexibility index (Phi) is 2.88. The number of rotatable bonds is 2. The van der Waals surface area contributed by atoms with E-state index in [0.717, 1.165) is 17.0 Å². The lowest BCUT2D eigenvalue weighted by Gasteiger charge is -2.08. The van der Waals surface area contributed by atoms with Crippen molar-refractivity contribution in [3.8, 4) is 17.3 Å². The minimum absolute atomic E-state index is 0.405. The van der Waals surface area contributed by atoms with Crippen molar-refractivity contribution < 1.29 is 4.74 Å². The SMILES string of the molecule is COc1nc(C)cc(-c2cccc3ccccc23)n1. The summed E-state index contributed by atoms with van der Waals surface area (Å²) < 4.78 is 5.15. The molecule has 3 aromatic rings. The van der Waals surface area contributed by atoms with Crippen molar-refractivity contribution in [2.75, 3.05) is 7.11 Å². The molecule has 0 radical (unpaired) electrons. The average molecular weight is 250 g/mol. The molecule has 3 nitrogen and oxygen atoms in total. The molecule has 0 saturated heterocycles. The van der Waals surface area contributed by atoms with Gasteiger partial charge in [0, 0.05) is 11.3 Å². The first-order valence-electron chi connectivity index (χ1n) is 6.16. The van der Waals surface area contributed by atoms with E-state index in [4.69, 9.17) is 4.74 Å². The Morgan fingerprint density at radius 3 is 2.58 bits per heavy atom. The van der Waals surface area contributed by atoms with Crippen LogP contribution in [0.5, 0.6) is 6.01 Å². The minimum atomic E-state index is 0.405. The summed E-state index contributed by atoms with van der Waals surface area (Å²) in [6, 6.07) is 16.9. The molecule has 3 heteroatoms. The Balaban J connectivity index is 2.27. The van der Waals surface area contributed by atoms with Crippen LogP contribution < -0.4 is 4.74 Å². The van der Waals surface area contributed by atoms with E-state index in [2.05, 4.69) is 34.2 Å². The molecule has 0 atom stereocenters. The van der Waals surface area contributed by atoms with Gasteiger partial charge in [-0.05, 0) is 23.8 Å². The highest BCUT2D eigenvalue weighted by atomic mass is 16.5. The number of benzene rings is 2. The fourth-order valence-corrected chi connectivity index (χ4v) is 2.22. The molecule has 0 amide bonds. The van der Waals surface area contributed by atoms with E-state index < -0.39 is 0 Å². The van der Waals surface area contributed by atoms with Crippen LogP contribution in [0.2, 0.25) is 0 Å². The molecule has 0 unspecified atom stereocenters. The van der Waals surface area contributed by atoms with E-state index in [1.807, 2.05) is 31.2 Å². The zero-order valence-electron chi connectivity index (χ0n) is 10.9. The topological polar surface area (TPSA) is 35.0 Å². The van der Waals surface area contributed by atoms with Crippen molar-refractivity contribution in [2.45, 2.75) is 6.92 Å². The van der Waals surface area contributed by atoms with Gasteiger partial charge in [0.25, 0.3) is 0 Å². The van der Waals surface area contributed by atoms with Crippen LogP contribution in [0.4, 0.5) is 0 Å². The third-order valence-electron chi connectivity index (χ3n) is 3.08. The van der Waals surface area contributed by atoms with Crippen LogP contribution in [-0.2, 0) is 0 Å². The van der Waals surface area contributed by atoms with Crippen LogP contribution in [-0.4, -0.2) is 17.1 Å². The van der Waals surface area contributed by atoms with E-state index >= 15 is 0 Å². The van der Waals surface area contributed by atoms with Gasteiger partial charge in [-0.3, -0.25) is 0 Å². The average Bonchev–Trinajstić information content (AvgIpc) is 2.46. The molecule has 1 aromatic heterocycles. The van der Waals surface area contributed by atoms with Crippen LogP contribution in [0, 0.1) is 6.92 Å². The third kappa shape index (κ3) is 2.15. The molecule has 0 N–H and O–H groups in total. The van der Waals surface area contributed by atoms with Gasteiger partial charge < -0.3 is 4.74 Å². The number of hydrogen-bond donors (Lipinski definition) is 0. The van der Waals surface area contributed by atoms with Crippen molar-refractivity contribution in [3.63, 3.8) is 0 Å². The highest BCUT2D eigenvalue weighted by Crippen LogP contribution is 2.28. The number of methoxy groups -OCH3 is 1. The fraction of sp³-hybridized carbons (Fsp3) is 0.125. The van der Waals surface area contributed by atoms with Gasteiger partial charge in [-0.25, -0.2) is 4.98 Å². The van der Waals surface area contributed by atoms with E-state index in [1.54, 1.807) is 7.11 Å². The van der Waals surface area contributed by atoms with Gasteiger partial charge in [0.05, 0.1) is 12.8 Å². The lowest BCUT2D eigenvalue weighted by atomic mass is 10.0. The molecule has 1 heterocycles. The first-order valence-corrected chi connectivity index (χ1v) is 6.16. The first-order chi connectivity index (χ1) is 9.28. The molecule has 3 rings (SSSR count). The zero-order valence-corrected chi connectivity index (χ0v) is 10.9. The summed E-state index contributed by atoms with van der Waals surface area (Å²) in [6.07, 6.45) is 0. The maximum Gasteiger partial charge on any atom is 0.316 e. The largest absolute Gasteiger partial charge is 0.467 e. The molecular weight excluding hydrogens is 236 g/mol. The standard InChI is InChI=1S/C16H14N2O/c1-11-10-15(18-16(17-11)19-2)14-9-5-7-12-6-3-4-8-13(12)14/h3-10H,1-2H3. The molecule has 19 heavy (non-hydrogen) atoms. The monoisotopic (exact) mass is 250 g/mol. The molecular formula is C16H14N2O. The normalized spacial score (nSPS) is 10.6. The molecule has 0 fully saturated rings. The summed E-state index contributed by atoms with van der Waals surface area (Å²) in [5, 5.41) is 2.39. The molecule has 0 spiro atoms. The Hall–Kier alpha value is -2.42. The summed E-state index contributed by atoms with van der Waals surface area (Å²) in [5.74, 6) is 0. The Morgan fingerprint density at radius 2 is 1.74 bits per heavy atom. The second-order valence-electron chi connectivity index (χ2n) is 4.41. The fourth-order valence-electron chi connectivity index (χ4n) is 2.22. The highest BCUT2D eigenvalue weighted by molar-refractivity contribution is 5.95. The predicted molar refractivity (Wildman–Crippen MR) is 76.3 cm³/mol. The molecule has 0 bridgehead atoms. The van der Waals surface area contributed by atoms with Gasteiger partial charge >= 0.3 is 6.01 Å². The molecule has 94 valence electrons. The number of aryl methyl sites for hydroxylation is 1. The second-order valence-corrected chi connectivity index (χ2v) is 4.41. The van der Waals surface area contributed by atoms with Gasteiger partial charge in [0.2, 0.25) is 0 Å². The van der Waals surface area contributed by atoms with Gasteiger partial charge in [-0.15, -0.1) is 0 Å². The van der Waals surface area contributed by atoms with E-state index in [9.17, 15) is 0 Å². The van der Waals surface area contributed by atoms with E-state index in [1.165, 1.54) is 10.8 Å². The number of ether oxygens (including phenoxy) is 1. The second kappa shape index (κ2) is 4.69.